The summed E-state index contributed by atoms with van der Waals surface area (Å²) >= 11 is 5.87. The number of benzene rings is 2. The highest BCUT2D eigenvalue weighted by molar-refractivity contribution is 6.32. The lowest BCUT2D eigenvalue weighted by molar-refractivity contribution is -0.137. The normalized spacial score (nSPS) is 11.5. The zero-order chi connectivity index (χ0) is 17.2. The summed E-state index contributed by atoms with van der Waals surface area (Å²) in [4.78, 5) is 7.17. The molecule has 1 N–H and O–H groups in total. The van der Waals surface area contributed by atoms with Gasteiger partial charge in [-0.15, -0.1) is 0 Å². The largest absolute Gasteiger partial charge is 0.487 e. The standard InChI is InChI=1S/C17H12ClF3N2O/c18-14-9-13(17(19,20)21)4-5-15(14)24-10-11-2-1-3-12(8-11)16-22-6-7-23-16/h1-9H,10H2,(H,22,23). The summed E-state index contributed by atoms with van der Waals surface area (Å²) < 4.78 is 43.4. The molecule has 0 unspecified atom stereocenters. The molecule has 0 aliphatic heterocycles. The van der Waals surface area contributed by atoms with Crippen LogP contribution in [0.4, 0.5) is 13.2 Å². The van der Waals surface area contributed by atoms with E-state index < -0.39 is 11.7 Å². The van der Waals surface area contributed by atoms with E-state index in [0.717, 1.165) is 29.1 Å². The van der Waals surface area contributed by atoms with Crippen molar-refractivity contribution in [3.63, 3.8) is 0 Å². The average Bonchev–Trinajstić information content (AvgIpc) is 3.07. The topological polar surface area (TPSA) is 37.9 Å². The van der Waals surface area contributed by atoms with Crippen LogP contribution < -0.4 is 4.74 Å². The van der Waals surface area contributed by atoms with Gasteiger partial charge in [-0.05, 0) is 29.8 Å². The van der Waals surface area contributed by atoms with Crippen LogP contribution >= 0.6 is 11.6 Å². The number of nitrogens with zero attached hydrogens (tertiary/aromatic N) is 1. The number of halogens is 4. The predicted octanol–water partition coefficient (Wildman–Crippen LogP) is 5.33. The van der Waals surface area contributed by atoms with Crippen LogP contribution in [0.15, 0.2) is 54.9 Å². The first-order valence-electron chi connectivity index (χ1n) is 7.02. The number of H-pyrrole nitrogens is 1. The Morgan fingerprint density at radius 1 is 1.12 bits per heavy atom. The van der Waals surface area contributed by atoms with E-state index >= 15 is 0 Å². The Morgan fingerprint density at radius 3 is 2.62 bits per heavy atom. The van der Waals surface area contributed by atoms with Gasteiger partial charge in [-0.1, -0.05) is 29.8 Å². The van der Waals surface area contributed by atoms with Crippen LogP contribution in [0.3, 0.4) is 0 Å². The molecular formula is C17H12ClF3N2O. The van der Waals surface area contributed by atoms with Crippen molar-refractivity contribution in [2.45, 2.75) is 12.8 Å². The summed E-state index contributed by atoms with van der Waals surface area (Å²) in [5.41, 5.74) is 0.930. The SMILES string of the molecule is FC(F)(F)c1ccc(OCc2cccc(-c3ncc[nH]3)c2)c(Cl)c1. The first-order chi connectivity index (χ1) is 11.4. The third kappa shape index (κ3) is 3.71. The fourth-order valence-corrected chi connectivity index (χ4v) is 2.42. The Hall–Kier alpha value is -2.47. The number of ether oxygens (including phenoxy) is 1. The lowest BCUT2D eigenvalue weighted by Crippen LogP contribution is -2.05. The van der Waals surface area contributed by atoms with Crippen molar-refractivity contribution in [2.24, 2.45) is 0 Å². The Balaban J connectivity index is 1.73. The van der Waals surface area contributed by atoms with Crippen molar-refractivity contribution < 1.29 is 17.9 Å². The molecule has 0 bridgehead atoms. The van der Waals surface area contributed by atoms with Gasteiger partial charge in [0.05, 0.1) is 10.6 Å². The van der Waals surface area contributed by atoms with Crippen LogP contribution in [0.2, 0.25) is 5.02 Å². The third-order valence-corrected chi connectivity index (χ3v) is 3.65. The second-order valence-corrected chi connectivity index (χ2v) is 5.48. The Morgan fingerprint density at radius 2 is 1.96 bits per heavy atom. The molecule has 2 aromatic carbocycles. The number of hydrogen-bond acceptors (Lipinski definition) is 2. The second kappa shape index (κ2) is 6.57. The molecule has 0 aliphatic rings. The smallest absolute Gasteiger partial charge is 0.416 e. The van der Waals surface area contributed by atoms with Crippen LogP contribution in [0, 0.1) is 0 Å². The van der Waals surface area contributed by atoms with Gasteiger partial charge in [-0.3, -0.25) is 0 Å². The third-order valence-electron chi connectivity index (χ3n) is 3.35. The molecule has 0 saturated carbocycles. The van der Waals surface area contributed by atoms with E-state index in [4.69, 9.17) is 16.3 Å². The van der Waals surface area contributed by atoms with Gasteiger partial charge < -0.3 is 9.72 Å². The fraction of sp³-hybridized carbons (Fsp3) is 0.118. The molecule has 0 atom stereocenters. The van der Waals surface area contributed by atoms with Crippen molar-refractivity contribution in [1.82, 2.24) is 9.97 Å². The van der Waals surface area contributed by atoms with Crippen molar-refractivity contribution >= 4 is 11.6 Å². The summed E-state index contributed by atoms with van der Waals surface area (Å²) in [6, 6.07) is 10.5. The lowest BCUT2D eigenvalue weighted by atomic mass is 10.1. The van der Waals surface area contributed by atoms with Crippen LogP contribution in [-0.2, 0) is 12.8 Å². The van der Waals surface area contributed by atoms with Gasteiger partial charge in [0.15, 0.2) is 0 Å². The van der Waals surface area contributed by atoms with Crippen LogP contribution in [0.5, 0.6) is 5.75 Å². The zero-order valence-electron chi connectivity index (χ0n) is 12.3. The number of alkyl halides is 3. The maximum Gasteiger partial charge on any atom is 0.416 e. The van der Waals surface area contributed by atoms with Gasteiger partial charge in [0, 0.05) is 18.0 Å². The maximum absolute atomic E-state index is 12.6. The minimum absolute atomic E-state index is 0.0768. The molecule has 1 heterocycles. The first-order valence-corrected chi connectivity index (χ1v) is 7.39. The molecule has 124 valence electrons. The molecule has 1 aromatic heterocycles. The summed E-state index contributed by atoms with van der Waals surface area (Å²) in [5.74, 6) is 0.928. The molecule has 24 heavy (non-hydrogen) atoms. The summed E-state index contributed by atoms with van der Waals surface area (Å²) in [7, 11) is 0. The first kappa shape index (κ1) is 16.4. The minimum Gasteiger partial charge on any atom is -0.487 e. The molecule has 7 heteroatoms. The van der Waals surface area contributed by atoms with E-state index in [0.29, 0.717) is 0 Å². The van der Waals surface area contributed by atoms with Crippen molar-refractivity contribution in [1.29, 1.82) is 0 Å². The van der Waals surface area contributed by atoms with Gasteiger partial charge in [0.2, 0.25) is 0 Å². The van der Waals surface area contributed by atoms with Gasteiger partial charge >= 0.3 is 6.18 Å². The number of nitrogens with one attached hydrogen (secondary N) is 1. The number of imidazole rings is 1. The molecule has 0 radical (unpaired) electrons. The van der Waals surface area contributed by atoms with Crippen molar-refractivity contribution in [3.05, 3.63) is 71.0 Å². The van der Waals surface area contributed by atoms with E-state index in [9.17, 15) is 13.2 Å². The van der Waals surface area contributed by atoms with E-state index in [2.05, 4.69) is 9.97 Å². The van der Waals surface area contributed by atoms with Crippen molar-refractivity contribution in [2.75, 3.05) is 0 Å². The van der Waals surface area contributed by atoms with E-state index in [1.807, 2.05) is 24.3 Å². The van der Waals surface area contributed by atoms with E-state index in [1.54, 1.807) is 12.4 Å². The molecule has 0 spiro atoms. The molecule has 0 saturated heterocycles. The molecular weight excluding hydrogens is 341 g/mol. The average molecular weight is 353 g/mol. The summed E-state index contributed by atoms with van der Waals surface area (Å²) in [6.07, 6.45) is -1.06. The highest BCUT2D eigenvalue weighted by Gasteiger charge is 2.31. The fourth-order valence-electron chi connectivity index (χ4n) is 2.19. The lowest BCUT2D eigenvalue weighted by Gasteiger charge is -2.11. The Bertz CT molecular complexity index is 832. The van der Waals surface area contributed by atoms with E-state index in [1.165, 1.54) is 6.07 Å². The van der Waals surface area contributed by atoms with Gasteiger partial charge in [0.1, 0.15) is 18.2 Å². The zero-order valence-corrected chi connectivity index (χ0v) is 13.0. The highest BCUT2D eigenvalue weighted by atomic mass is 35.5. The predicted molar refractivity (Wildman–Crippen MR) is 84.8 cm³/mol. The highest BCUT2D eigenvalue weighted by Crippen LogP contribution is 2.35. The van der Waals surface area contributed by atoms with Gasteiger partial charge in [-0.25, -0.2) is 4.98 Å². The molecule has 3 rings (SSSR count). The Kier molecular flexibility index (Phi) is 4.49. The van der Waals surface area contributed by atoms with E-state index in [-0.39, 0.29) is 17.4 Å². The number of aromatic nitrogens is 2. The van der Waals surface area contributed by atoms with Crippen LogP contribution in [0.25, 0.3) is 11.4 Å². The molecule has 0 fully saturated rings. The number of hydrogen-bond donors (Lipinski definition) is 1. The number of aromatic amines is 1. The molecule has 0 amide bonds. The second-order valence-electron chi connectivity index (χ2n) is 5.07. The molecule has 0 aliphatic carbocycles. The maximum atomic E-state index is 12.6. The number of rotatable bonds is 4. The van der Waals surface area contributed by atoms with Crippen LogP contribution in [-0.4, -0.2) is 9.97 Å². The monoisotopic (exact) mass is 352 g/mol. The van der Waals surface area contributed by atoms with Gasteiger partial charge in [-0.2, -0.15) is 13.2 Å². The Labute approximate surface area is 141 Å². The quantitative estimate of drug-likeness (QED) is 0.689. The molecule has 3 nitrogen and oxygen atoms in total. The molecule has 3 aromatic rings. The van der Waals surface area contributed by atoms with Crippen LogP contribution in [0.1, 0.15) is 11.1 Å². The minimum atomic E-state index is -4.43. The van der Waals surface area contributed by atoms with Crippen molar-refractivity contribution in [3.8, 4) is 17.1 Å². The summed E-state index contributed by atoms with van der Waals surface area (Å²) in [5, 5.41) is -0.0768. The summed E-state index contributed by atoms with van der Waals surface area (Å²) in [6.45, 7) is 0.180. The van der Waals surface area contributed by atoms with Gasteiger partial charge in [0.25, 0.3) is 0 Å².